The lowest BCUT2D eigenvalue weighted by molar-refractivity contribution is -0.113. The Labute approximate surface area is 205 Å². The third kappa shape index (κ3) is 6.15. The van der Waals surface area contributed by atoms with Crippen LogP contribution in [0.4, 0.5) is 5.69 Å². The third-order valence-electron chi connectivity index (χ3n) is 4.75. The van der Waals surface area contributed by atoms with Crippen LogP contribution in [0, 0.1) is 13.8 Å². The van der Waals surface area contributed by atoms with E-state index in [1.165, 1.54) is 17.3 Å². The number of hydrogen-bond donors (Lipinski definition) is 1. The number of benzene rings is 2. The number of ether oxygens (including phenoxy) is 1. The lowest BCUT2D eigenvalue weighted by Crippen LogP contribution is -2.16. The monoisotopic (exact) mass is 534 g/mol. The van der Waals surface area contributed by atoms with Crippen molar-refractivity contribution in [3.05, 3.63) is 75.5 Å². The lowest BCUT2D eigenvalue weighted by Gasteiger charge is -2.16. The van der Waals surface area contributed by atoms with Crippen molar-refractivity contribution in [2.45, 2.75) is 38.6 Å². The number of thioether (sulfide) groups is 1. The van der Waals surface area contributed by atoms with E-state index in [0.717, 1.165) is 15.8 Å². The van der Waals surface area contributed by atoms with Gasteiger partial charge in [-0.05, 0) is 62.2 Å². The summed E-state index contributed by atoms with van der Waals surface area (Å²) in [5.41, 5.74) is 2.93. The molecule has 1 unspecified atom stereocenters. The van der Waals surface area contributed by atoms with Crippen LogP contribution in [0.1, 0.15) is 30.0 Å². The second kappa shape index (κ2) is 11.0. The minimum absolute atomic E-state index is 0.161. The van der Waals surface area contributed by atoms with Crippen LogP contribution in [0.2, 0.25) is 5.02 Å². The predicted molar refractivity (Wildman–Crippen MR) is 134 cm³/mol. The zero-order valence-corrected chi connectivity index (χ0v) is 21.2. The quantitative estimate of drug-likeness (QED) is 0.255. The zero-order valence-electron chi connectivity index (χ0n) is 18.1. The maximum atomic E-state index is 12.4. The van der Waals surface area contributed by atoms with Gasteiger partial charge in [-0.2, -0.15) is 0 Å². The van der Waals surface area contributed by atoms with Gasteiger partial charge in [0.25, 0.3) is 0 Å². The maximum absolute atomic E-state index is 12.4. The van der Waals surface area contributed by atoms with Gasteiger partial charge in [-0.1, -0.05) is 51.4 Å². The summed E-state index contributed by atoms with van der Waals surface area (Å²) in [5.74, 6) is 1.41. The molecular weight excluding hydrogens is 512 g/mol. The molecule has 0 saturated carbocycles. The molecule has 0 radical (unpaired) electrons. The highest BCUT2D eigenvalue weighted by Gasteiger charge is 2.20. The van der Waals surface area contributed by atoms with Crippen molar-refractivity contribution in [3.8, 4) is 5.75 Å². The van der Waals surface area contributed by atoms with E-state index in [4.69, 9.17) is 16.3 Å². The van der Waals surface area contributed by atoms with Crippen molar-refractivity contribution >= 4 is 50.9 Å². The molecule has 1 aromatic heterocycles. The SMILES string of the molecule is C=CCn1c(SCC(=O)Nc2ccc(Br)cc2Cl)nnc1C(C)Oc1ccc(C)c(C)c1. The number of hydrogen-bond acceptors (Lipinski definition) is 5. The fraction of sp³-hybridized carbons (Fsp3) is 0.261. The number of carbonyl (C=O) groups excluding carboxylic acids is 1. The summed E-state index contributed by atoms with van der Waals surface area (Å²) in [6.45, 7) is 10.4. The van der Waals surface area contributed by atoms with E-state index in [-0.39, 0.29) is 17.8 Å². The molecule has 1 amide bonds. The van der Waals surface area contributed by atoms with Crippen molar-refractivity contribution in [3.63, 3.8) is 0 Å². The van der Waals surface area contributed by atoms with Gasteiger partial charge in [0.2, 0.25) is 5.91 Å². The number of carbonyl (C=O) groups is 1. The van der Waals surface area contributed by atoms with Crippen LogP contribution in [-0.4, -0.2) is 26.4 Å². The fourth-order valence-electron chi connectivity index (χ4n) is 2.96. The molecule has 1 N–H and O–H groups in total. The van der Waals surface area contributed by atoms with E-state index in [1.54, 1.807) is 18.2 Å². The van der Waals surface area contributed by atoms with Crippen LogP contribution in [0.15, 0.2) is 58.7 Å². The van der Waals surface area contributed by atoms with Crippen LogP contribution in [0.3, 0.4) is 0 Å². The van der Waals surface area contributed by atoms with Gasteiger partial charge in [0.1, 0.15) is 5.75 Å². The molecule has 3 aromatic rings. The average molecular weight is 536 g/mol. The number of nitrogens with zero attached hydrogens (tertiary/aromatic N) is 3. The first-order chi connectivity index (χ1) is 15.3. The summed E-state index contributed by atoms with van der Waals surface area (Å²) in [4.78, 5) is 12.4. The van der Waals surface area contributed by atoms with Gasteiger partial charge < -0.3 is 10.1 Å². The van der Waals surface area contributed by atoms with E-state index >= 15 is 0 Å². The van der Waals surface area contributed by atoms with Crippen LogP contribution in [0.5, 0.6) is 5.75 Å². The Morgan fingerprint density at radius 3 is 2.75 bits per heavy atom. The Bertz CT molecular complexity index is 1140. The Hall–Kier alpha value is -2.29. The number of aryl methyl sites for hydroxylation is 2. The smallest absolute Gasteiger partial charge is 0.234 e. The summed E-state index contributed by atoms with van der Waals surface area (Å²) in [6, 6.07) is 11.3. The maximum Gasteiger partial charge on any atom is 0.234 e. The molecular formula is C23H24BrClN4O2S. The van der Waals surface area contributed by atoms with E-state index in [1.807, 2.05) is 42.7 Å². The third-order valence-corrected chi connectivity index (χ3v) is 6.52. The van der Waals surface area contributed by atoms with E-state index in [2.05, 4.69) is 44.9 Å². The van der Waals surface area contributed by atoms with Gasteiger partial charge in [-0.25, -0.2) is 0 Å². The van der Waals surface area contributed by atoms with Crippen molar-refractivity contribution < 1.29 is 9.53 Å². The Kier molecular flexibility index (Phi) is 8.39. The Morgan fingerprint density at radius 2 is 2.06 bits per heavy atom. The molecule has 1 atom stereocenters. The molecule has 0 fully saturated rings. The number of aromatic nitrogens is 3. The standard InChI is InChI=1S/C23H24BrClN4O2S/c1-5-10-29-22(16(4)31-18-8-6-14(2)15(3)11-18)27-28-23(29)32-13-21(30)26-20-9-7-17(24)12-19(20)25/h5-9,11-12,16H,1,10,13H2,2-4H3,(H,26,30). The minimum atomic E-state index is -0.325. The summed E-state index contributed by atoms with van der Waals surface area (Å²) in [6.07, 6.45) is 1.44. The van der Waals surface area contributed by atoms with E-state index in [9.17, 15) is 4.79 Å². The van der Waals surface area contributed by atoms with Crippen LogP contribution in [-0.2, 0) is 11.3 Å². The first-order valence-corrected chi connectivity index (χ1v) is 12.1. The molecule has 3 rings (SSSR count). The highest BCUT2D eigenvalue weighted by atomic mass is 79.9. The summed E-state index contributed by atoms with van der Waals surface area (Å²) in [7, 11) is 0. The van der Waals surface area contributed by atoms with Crippen molar-refractivity contribution in [2.24, 2.45) is 0 Å². The molecule has 0 aliphatic carbocycles. The molecule has 0 aliphatic heterocycles. The van der Waals surface area contributed by atoms with Crippen LogP contribution < -0.4 is 10.1 Å². The molecule has 168 valence electrons. The molecule has 9 heteroatoms. The van der Waals surface area contributed by atoms with Crippen molar-refractivity contribution in [1.82, 2.24) is 14.8 Å². The normalized spacial score (nSPS) is 11.8. The molecule has 0 bridgehead atoms. The highest BCUT2D eigenvalue weighted by Crippen LogP contribution is 2.28. The van der Waals surface area contributed by atoms with Crippen molar-refractivity contribution in [1.29, 1.82) is 0 Å². The first kappa shape index (κ1) is 24.4. The molecule has 0 saturated heterocycles. The Balaban J connectivity index is 1.68. The molecule has 0 spiro atoms. The lowest BCUT2D eigenvalue weighted by atomic mass is 10.1. The van der Waals surface area contributed by atoms with Gasteiger partial charge in [0.15, 0.2) is 17.1 Å². The zero-order chi connectivity index (χ0) is 23.3. The molecule has 1 heterocycles. The fourth-order valence-corrected chi connectivity index (χ4v) is 4.44. The Morgan fingerprint density at radius 1 is 1.28 bits per heavy atom. The first-order valence-electron chi connectivity index (χ1n) is 9.94. The van der Waals surface area contributed by atoms with Gasteiger partial charge >= 0.3 is 0 Å². The number of halogens is 2. The van der Waals surface area contributed by atoms with Crippen LogP contribution in [0.25, 0.3) is 0 Å². The van der Waals surface area contributed by atoms with E-state index in [0.29, 0.717) is 28.2 Å². The number of rotatable bonds is 9. The van der Waals surface area contributed by atoms with E-state index < -0.39 is 0 Å². The van der Waals surface area contributed by atoms with Gasteiger partial charge in [0.05, 0.1) is 16.5 Å². The summed E-state index contributed by atoms with van der Waals surface area (Å²) >= 11 is 10.8. The minimum Gasteiger partial charge on any atom is -0.483 e. The second-order valence-corrected chi connectivity index (χ2v) is 9.47. The average Bonchev–Trinajstić information content (AvgIpc) is 3.14. The molecule has 2 aromatic carbocycles. The van der Waals surface area contributed by atoms with Gasteiger partial charge in [0, 0.05) is 11.0 Å². The summed E-state index contributed by atoms with van der Waals surface area (Å²) in [5, 5.41) is 12.5. The van der Waals surface area contributed by atoms with Gasteiger partial charge in [-0.3, -0.25) is 9.36 Å². The molecule has 6 nitrogen and oxygen atoms in total. The number of allylic oxidation sites excluding steroid dienone is 1. The number of amides is 1. The second-order valence-electron chi connectivity index (χ2n) is 7.21. The van der Waals surface area contributed by atoms with Gasteiger partial charge in [-0.15, -0.1) is 16.8 Å². The topological polar surface area (TPSA) is 69.0 Å². The summed E-state index contributed by atoms with van der Waals surface area (Å²) < 4.78 is 8.85. The number of nitrogens with one attached hydrogen (secondary N) is 1. The predicted octanol–water partition coefficient (Wildman–Crippen LogP) is 6.37. The molecule has 32 heavy (non-hydrogen) atoms. The van der Waals surface area contributed by atoms with Crippen LogP contribution >= 0.6 is 39.3 Å². The highest BCUT2D eigenvalue weighted by molar-refractivity contribution is 9.10. The molecule has 0 aliphatic rings. The number of anilines is 1. The largest absolute Gasteiger partial charge is 0.483 e. The van der Waals surface area contributed by atoms with Crippen molar-refractivity contribution in [2.75, 3.05) is 11.1 Å².